The zero-order valence-electron chi connectivity index (χ0n) is 21.6. The summed E-state index contributed by atoms with van der Waals surface area (Å²) < 4.78 is 28.7. The second-order valence-corrected chi connectivity index (χ2v) is 10.2. The molecule has 0 radical (unpaired) electrons. The van der Waals surface area contributed by atoms with Crippen LogP contribution in [0.3, 0.4) is 0 Å². The summed E-state index contributed by atoms with van der Waals surface area (Å²) in [5.41, 5.74) is 0.614. The molecule has 218 valence electrons. The van der Waals surface area contributed by atoms with Crippen molar-refractivity contribution < 1.29 is 64.2 Å². The standard InChI is InChI=1S/C27H32O13/c1-10-20(31)22(33)24(35)26(36-10)40-25-23(34)21(32)11(2)37-27(25)38-14-5-3-12(4-6-14)17-9-16(30)19-15(29)7-13(28)8-18(19)39-17/h3-8,10-11,17,20-29,31-35H,9H2,1-2H3/t10-,11-,17?,20-,21-,22+,23+,24+,25+,26-,27-/m0/s1. The lowest BCUT2D eigenvalue weighted by Gasteiger charge is -2.45. The number of aromatic hydroxyl groups is 2. The Bertz CT molecular complexity index is 1220. The van der Waals surface area contributed by atoms with Crippen molar-refractivity contribution in [3.63, 3.8) is 0 Å². The van der Waals surface area contributed by atoms with Gasteiger partial charge in [-0.05, 0) is 31.5 Å². The highest BCUT2D eigenvalue weighted by molar-refractivity contribution is 6.02. The van der Waals surface area contributed by atoms with Gasteiger partial charge < -0.3 is 59.4 Å². The molecule has 0 aromatic heterocycles. The number of ether oxygens (including phenoxy) is 5. The monoisotopic (exact) mass is 564 g/mol. The van der Waals surface area contributed by atoms with Crippen molar-refractivity contribution in [2.45, 2.75) is 87.8 Å². The zero-order valence-corrected chi connectivity index (χ0v) is 21.6. The van der Waals surface area contributed by atoms with Gasteiger partial charge in [0.15, 0.2) is 18.2 Å². The maximum absolute atomic E-state index is 12.6. The molecule has 11 atom stereocenters. The third-order valence-corrected chi connectivity index (χ3v) is 7.37. The lowest BCUT2D eigenvalue weighted by Crippen LogP contribution is -2.63. The summed E-state index contributed by atoms with van der Waals surface area (Å²) in [6, 6.07) is 8.74. The molecule has 0 aliphatic carbocycles. The summed E-state index contributed by atoms with van der Waals surface area (Å²) >= 11 is 0. The number of ketones is 1. The normalized spacial score (nSPS) is 37.9. The maximum atomic E-state index is 12.6. The van der Waals surface area contributed by atoms with Gasteiger partial charge in [-0.1, -0.05) is 12.1 Å². The van der Waals surface area contributed by atoms with Crippen molar-refractivity contribution in [3.05, 3.63) is 47.5 Å². The molecule has 1 unspecified atom stereocenters. The second-order valence-electron chi connectivity index (χ2n) is 10.2. The van der Waals surface area contributed by atoms with Crippen LogP contribution in [-0.4, -0.2) is 103 Å². The first-order chi connectivity index (χ1) is 18.9. The van der Waals surface area contributed by atoms with Gasteiger partial charge in [0.05, 0.1) is 18.6 Å². The summed E-state index contributed by atoms with van der Waals surface area (Å²) in [5.74, 6) is -0.620. The van der Waals surface area contributed by atoms with E-state index in [1.807, 2.05) is 0 Å². The number of aliphatic hydroxyl groups excluding tert-OH is 5. The van der Waals surface area contributed by atoms with Gasteiger partial charge in [-0.2, -0.15) is 0 Å². The van der Waals surface area contributed by atoms with E-state index in [1.165, 1.54) is 19.9 Å². The number of aliphatic hydroxyl groups is 5. The SMILES string of the molecule is C[C@@H]1O[C@@H](O[C@H]2[C@H](Oc3ccc(C4CC(=O)c5c(O)cc(O)cc5O4)cc3)O[C@@H](C)[C@H](O)[C@H]2O)[C@H](O)[C@H](O)[C@H]1O. The van der Waals surface area contributed by atoms with Crippen molar-refractivity contribution in [2.24, 2.45) is 0 Å². The summed E-state index contributed by atoms with van der Waals surface area (Å²) in [6.07, 6.45) is -14.0. The van der Waals surface area contributed by atoms with E-state index in [4.69, 9.17) is 23.7 Å². The van der Waals surface area contributed by atoms with Gasteiger partial charge in [0.1, 0.15) is 65.2 Å². The third-order valence-electron chi connectivity index (χ3n) is 7.37. The smallest absolute Gasteiger partial charge is 0.229 e. The molecule has 0 spiro atoms. The van der Waals surface area contributed by atoms with E-state index in [2.05, 4.69) is 0 Å². The number of hydrogen-bond donors (Lipinski definition) is 7. The van der Waals surface area contributed by atoms with Crippen molar-refractivity contribution in [3.8, 4) is 23.0 Å². The molecule has 3 aliphatic rings. The predicted octanol–water partition coefficient (Wildman–Crippen LogP) is -0.138. The van der Waals surface area contributed by atoms with Gasteiger partial charge in [0.25, 0.3) is 0 Å². The van der Waals surface area contributed by atoms with Crippen molar-refractivity contribution >= 4 is 5.78 Å². The van der Waals surface area contributed by atoms with Gasteiger partial charge in [-0.25, -0.2) is 0 Å². The number of benzene rings is 2. The number of Topliss-reactive ketones (excluding diaryl/α,β-unsaturated/α-hetero) is 1. The number of rotatable bonds is 5. The fraction of sp³-hybridized carbons (Fsp3) is 0.519. The molecule has 0 bridgehead atoms. The molecule has 2 fully saturated rings. The highest BCUT2D eigenvalue weighted by Gasteiger charge is 2.50. The zero-order chi connectivity index (χ0) is 28.9. The van der Waals surface area contributed by atoms with Crippen LogP contribution in [0.2, 0.25) is 0 Å². The number of phenolic OH excluding ortho intramolecular Hbond substituents is 2. The Labute approximate surface area is 228 Å². The Morgan fingerprint density at radius 3 is 2.10 bits per heavy atom. The number of carbonyl (C=O) groups is 1. The average Bonchev–Trinajstić information content (AvgIpc) is 2.91. The van der Waals surface area contributed by atoms with Gasteiger partial charge >= 0.3 is 0 Å². The predicted molar refractivity (Wildman–Crippen MR) is 133 cm³/mol. The molecule has 13 heteroatoms. The molecule has 2 aromatic rings. The van der Waals surface area contributed by atoms with Crippen LogP contribution in [0.4, 0.5) is 0 Å². The van der Waals surface area contributed by atoms with Crippen LogP contribution >= 0.6 is 0 Å². The summed E-state index contributed by atoms with van der Waals surface area (Å²) in [7, 11) is 0. The Hall–Kier alpha value is -3.01. The topological polar surface area (TPSA) is 205 Å². The van der Waals surface area contributed by atoms with Gasteiger partial charge in [0.2, 0.25) is 6.29 Å². The van der Waals surface area contributed by atoms with Crippen LogP contribution < -0.4 is 9.47 Å². The molecule has 0 amide bonds. The van der Waals surface area contributed by atoms with Crippen molar-refractivity contribution in [2.75, 3.05) is 0 Å². The molecule has 2 aromatic carbocycles. The second kappa shape index (κ2) is 11.1. The van der Waals surface area contributed by atoms with Crippen LogP contribution in [0, 0.1) is 0 Å². The fourth-order valence-corrected chi connectivity index (χ4v) is 5.03. The van der Waals surface area contributed by atoms with E-state index in [-0.39, 0.29) is 40.8 Å². The first-order valence-corrected chi connectivity index (χ1v) is 12.8. The summed E-state index contributed by atoms with van der Waals surface area (Å²) in [5, 5.41) is 71.3. The minimum atomic E-state index is -1.65. The number of phenols is 2. The van der Waals surface area contributed by atoms with Gasteiger partial charge in [-0.3, -0.25) is 4.79 Å². The number of fused-ring (bicyclic) bond motifs is 1. The molecule has 3 heterocycles. The minimum absolute atomic E-state index is 0.00726. The summed E-state index contributed by atoms with van der Waals surface area (Å²) in [6.45, 7) is 3.01. The molecule has 3 aliphatic heterocycles. The highest BCUT2D eigenvalue weighted by Crippen LogP contribution is 2.42. The third kappa shape index (κ3) is 5.34. The Morgan fingerprint density at radius 1 is 0.800 bits per heavy atom. The molecule has 13 nitrogen and oxygen atoms in total. The Morgan fingerprint density at radius 2 is 1.43 bits per heavy atom. The van der Waals surface area contributed by atoms with E-state index in [9.17, 15) is 40.5 Å². The van der Waals surface area contributed by atoms with Crippen LogP contribution in [0.1, 0.15) is 42.3 Å². The van der Waals surface area contributed by atoms with Crippen LogP contribution in [0.5, 0.6) is 23.0 Å². The first-order valence-electron chi connectivity index (χ1n) is 12.8. The molecular weight excluding hydrogens is 532 g/mol. The fourth-order valence-electron chi connectivity index (χ4n) is 5.03. The average molecular weight is 565 g/mol. The lowest BCUT2D eigenvalue weighted by atomic mass is 9.95. The molecule has 5 rings (SSSR count). The first kappa shape index (κ1) is 28.5. The van der Waals surface area contributed by atoms with E-state index >= 15 is 0 Å². The molecular formula is C27H32O13. The quantitative estimate of drug-likeness (QED) is 0.253. The van der Waals surface area contributed by atoms with Crippen molar-refractivity contribution in [1.29, 1.82) is 0 Å². The lowest BCUT2D eigenvalue weighted by molar-refractivity contribution is -0.352. The Kier molecular flexibility index (Phi) is 7.92. The van der Waals surface area contributed by atoms with E-state index < -0.39 is 67.5 Å². The minimum Gasteiger partial charge on any atom is -0.508 e. The van der Waals surface area contributed by atoms with Gasteiger partial charge in [-0.15, -0.1) is 0 Å². The molecule has 7 N–H and O–H groups in total. The molecule has 0 saturated carbocycles. The Balaban J connectivity index is 1.31. The van der Waals surface area contributed by atoms with Crippen molar-refractivity contribution in [1.82, 2.24) is 0 Å². The maximum Gasteiger partial charge on any atom is 0.229 e. The number of hydrogen-bond acceptors (Lipinski definition) is 13. The highest BCUT2D eigenvalue weighted by atomic mass is 16.8. The van der Waals surface area contributed by atoms with E-state index in [0.717, 1.165) is 6.07 Å². The van der Waals surface area contributed by atoms with Crippen LogP contribution in [-0.2, 0) is 14.2 Å². The molecule has 40 heavy (non-hydrogen) atoms. The van der Waals surface area contributed by atoms with E-state index in [1.54, 1.807) is 24.3 Å². The largest absolute Gasteiger partial charge is 0.508 e. The van der Waals surface area contributed by atoms with Gasteiger partial charge in [0, 0.05) is 12.1 Å². The van der Waals surface area contributed by atoms with Crippen LogP contribution in [0.15, 0.2) is 36.4 Å². The molecule has 2 saturated heterocycles. The number of carbonyl (C=O) groups excluding carboxylic acids is 1. The van der Waals surface area contributed by atoms with E-state index in [0.29, 0.717) is 5.56 Å². The van der Waals surface area contributed by atoms with Crippen LogP contribution in [0.25, 0.3) is 0 Å². The summed E-state index contributed by atoms with van der Waals surface area (Å²) in [4.78, 5) is 12.6.